The molecule has 2 aromatic carbocycles. The summed E-state index contributed by atoms with van der Waals surface area (Å²) >= 11 is 0. The minimum Gasteiger partial charge on any atom is -0.497 e. The van der Waals surface area contributed by atoms with Crippen LogP contribution in [0, 0.1) is 5.41 Å². The summed E-state index contributed by atoms with van der Waals surface area (Å²) in [6.07, 6.45) is 0.964. The molecule has 0 radical (unpaired) electrons. The van der Waals surface area contributed by atoms with Crippen molar-refractivity contribution in [1.29, 1.82) is 0 Å². The van der Waals surface area contributed by atoms with Crippen molar-refractivity contribution in [1.82, 2.24) is 15.5 Å². The van der Waals surface area contributed by atoms with Gasteiger partial charge in [0.05, 0.1) is 12.5 Å². The smallest absolute Gasteiger partial charge is 0.253 e. The molecule has 3 amide bonds. The summed E-state index contributed by atoms with van der Waals surface area (Å²) in [6.45, 7) is 1.21. The van der Waals surface area contributed by atoms with Crippen LogP contribution in [-0.2, 0) is 16.1 Å². The van der Waals surface area contributed by atoms with Crippen LogP contribution in [0.4, 0.5) is 0 Å². The van der Waals surface area contributed by atoms with Gasteiger partial charge in [-0.05, 0) is 42.7 Å². The summed E-state index contributed by atoms with van der Waals surface area (Å²) in [5.74, 6) is 0.290. The number of carbonyl (C=O) groups is 3. The predicted octanol–water partition coefficient (Wildman–Crippen LogP) is 1.73. The molecule has 156 valence electrons. The number of nitrogens with zero attached hydrogens (tertiary/aromatic N) is 1. The van der Waals surface area contributed by atoms with Gasteiger partial charge >= 0.3 is 0 Å². The first-order valence-electron chi connectivity index (χ1n) is 10.1. The molecule has 2 N–H and O–H groups in total. The van der Waals surface area contributed by atoms with E-state index in [4.69, 9.17) is 4.74 Å². The summed E-state index contributed by atoms with van der Waals surface area (Å²) < 4.78 is 5.20. The zero-order chi connectivity index (χ0) is 21.1. The maximum atomic E-state index is 12.7. The van der Waals surface area contributed by atoms with Gasteiger partial charge in [-0.1, -0.05) is 30.3 Å². The third kappa shape index (κ3) is 3.87. The molecule has 0 bridgehead atoms. The van der Waals surface area contributed by atoms with Crippen LogP contribution >= 0.6 is 0 Å². The van der Waals surface area contributed by atoms with Crippen LogP contribution in [0.2, 0.25) is 0 Å². The fraction of sp³-hybridized carbons (Fsp3) is 0.348. The zero-order valence-electron chi connectivity index (χ0n) is 16.9. The van der Waals surface area contributed by atoms with Gasteiger partial charge in [0.1, 0.15) is 11.8 Å². The van der Waals surface area contributed by atoms with E-state index in [1.807, 2.05) is 42.5 Å². The molecule has 7 nitrogen and oxygen atoms in total. The van der Waals surface area contributed by atoms with E-state index in [1.54, 1.807) is 24.1 Å². The first-order chi connectivity index (χ1) is 14.5. The molecule has 2 saturated heterocycles. The molecule has 0 aromatic heterocycles. The number of hydrogen-bond acceptors (Lipinski definition) is 4. The average Bonchev–Trinajstić information content (AvgIpc) is 3.36. The highest BCUT2D eigenvalue weighted by molar-refractivity contribution is 5.97. The molecule has 2 aromatic rings. The first kappa shape index (κ1) is 19.9. The Hall–Kier alpha value is -3.35. The normalized spacial score (nSPS) is 22.8. The third-order valence-corrected chi connectivity index (χ3v) is 5.96. The quantitative estimate of drug-likeness (QED) is 0.790. The predicted molar refractivity (Wildman–Crippen MR) is 111 cm³/mol. The maximum Gasteiger partial charge on any atom is 0.253 e. The zero-order valence-corrected chi connectivity index (χ0v) is 16.9. The Morgan fingerprint density at radius 1 is 1.20 bits per heavy atom. The van der Waals surface area contributed by atoms with Gasteiger partial charge in [0.15, 0.2) is 0 Å². The van der Waals surface area contributed by atoms with Crippen molar-refractivity contribution < 1.29 is 19.1 Å². The van der Waals surface area contributed by atoms with E-state index >= 15 is 0 Å². The summed E-state index contributed by atoms with van der Waals surface area (Å²) in [5.41, 5.74) is 0.838. The van der Waals surface area contributed by atoms with Crippen molar-refractivity contribution in [3.8, 4) is 5.75 Å². The Kier molecular flexibility index (Phi) is 5.44. The van der Waals surface area contributed by atoms with Crippen LogP contribution in [0.25, 0.3) is 0 Å². The molecule has 2 aliphatic rings. The molecule has 30 heavy (non-hydrogen) atoms. The molecule has 2 heterocycles. The molecule has 0 unspecified atom stereocenters. The Morgan fingerprint density at radius 2 is 2.00 bits per heavy atom. The lowest BCUT2D eigenvalue weighted by Crippen LogP contribution is -2.41. The lowest BCUT2D eigenvalue weighted by molar-refractivity contribution is -0.128. The van der Waals surface area contributed by atoms with Gasteiger partial charge in [0.25, 0.3) is 5.91 Å². The molecule has 7 heteroatoms. The van der Waals surface area contributed by atoms with Crippen LogP contribution in [-0.4, -0.2) is 48.9 Å². The van der Waals surface area contributed by atoms with Gasteiger partial charge < -0.3 is 20.3 Å². The van der Waals surface area contributed by atoms with Crippen molar-refractivity contribution in [3.63, 3.8) is 0 Å². The van der Waals surface area contributed by atoms with Crippen LogP contribution in [0.15, 0.2) is 54.6 Å². The largest absolute Gasteiger partial charge is 0.497 e. The van der Waals surface area contributed by atoms with Gasteiger partial charge in [-0.2, -0.15) is 0 Å². The second kappa shape index (κ2) is 8.18. The van der Waals surface area contributed by atoms with Crippen molar-refractivity contribution in [2.24, 2.45) is 5.41 Å². The Labute approximate surface area is 175 Å². The minimum atomic E-state index is -0.692. The number of amides is 3. The Balaban J connectivity index is 1.36. The van der Waals surface area contributed by atoms with E-state index < -0.39 is 11.5 Å². The van der Waals surface area contributed by atoms with Gasteiger partial charge in [-0.15, -0.1) is 0 Å². The van der Waals surface area contributed by atoms with Crippen molar-refractivity contribution >= 4 is 17.7 Å². The van der Waals surface area contributed by atoms with Crippen LogP contribution in [0.1, 0.15) is 28.8 Å². The molecule has 4 rings (SSSR count). The number of hydrogen-bond donors (Lipinski definition) is 2. The Morgan fingerprint density at radius 3 is 2.77 bits per heavy atom. The van der Waals surface area contributed by atoms with Crippen molar-refractivity contribution in [3.05, 3.63) is 65.7 Å². The number of likely N-dealkylation sites (tertiary alicyclic amines) is 1. The third-order valence-electron chi connectivity index (χ3n) is 5.96. The molecule has 2 aliphatic heterocycles. The fourth-order valence-electron chi connectivity index (χ4n) is 4.26. The fourth-order valence-corrected chi connectivity index (χ4v) is 4.26. The molecule has 1 spiro atoms. The second-order valence-electron chi connectivity index (χ2n) is 7.92. The summed E-state index contributed by atoms with van der Waals surface area (Å²) in [6, 6.07) is 15.9. The summed E-state index contributed by atoms with van der Waals surface area (Å²) in [4.78, 5) is 39.8. The van der Waals surface area contributed by atoms with Gasteiger partial charge in [0.2, 0.25) is 11.8 Å². The topological polar surface area (TPSA) is 87.7 Å². The van der Waals surface area contributed by atoms with Crippen LogP contribution in [0.5, 0.6) is 5.75 Å². The lowest BCUT2D eigenvalue weighted by atomic mass is 9.84. The highest BCUT2D eigenvalue weighted by atomic mass is 16.5. The van der Waals surface area contributed by atoms with E-state index in [0.717, 1.165) is 11.3 Å². The number of ether oxygens (including phenoxy) is 1. The van der Waals surface area contributed by atoms with Gasteiger partial charge in [-0.3, -0.25) is 14.4 Å². The molecular formula is C23H25N3O4. The summed E-state index contributed by atoms with van der Waals surface area (Å²) in [5, 5.41) is 5.72. The Bertz CT molecular complexity index is 962. The SMILES string of the molecule is COc1cccc(CNC(=O)[C@@H]2C[C@@]3(CCN(C(=O)c4ccccc4)C3)C(=O)N2)c1. The average molecular weight is 407 g/mol. The molecule has 0 aliphatic carbocycles. The maximum absolute atomic E-state index is 12.7. The molecule has 2 fully saturated rings. The van der Waals surface area contributed by atoms with Crippen LogP contribution < -0.4 is 15.4 Å². The van der Waals surface area contributed by atoms with Crippen molar-refractivity contribution in [2.75, 3.05) is 20.2 Å². The number of nitrogens with one attached hydrogen (secondary N) is 2. The van der Waals surface area contributed by atoms with E-state index in [9.17, 15) is 14.4 Å². The highest BCUT2D eigenvalue weighted by Crippen LogP contribution is 2.40. The van der Waals surface area contributed by atoms with Crippen molar-refractivity contribution in [2.45, 2.75) is 25.4 Å². The molecule has 0 saturated carbocycles. The van der Waals surface area contributed by atoms with E-state index in [1.165, 1.54) is 0 Å². The van der Waals surface area contributed by atoms with E-state index in [-0.39, 0.29) is 17.7 Å². The summed E-state index contributed by atoms with van der Waals surface area (Å²) in [7, 11) is 1.60. The molecule has 2 atom stereocenters. The number of rotatable bonds is 5. The van der Waals surface area contributed by atoms with Crippen LogP contribution in [0.3, 0.4) is 0 Å². The van der Waals surface area contributed by atoms with Gasteiger partial charge in [0, 0.05) is 25.2 Å². The number of methoxy groups -OCH3 is 1. The minimum absolute atomic E-state index is 0.0776. The lowest BCUT2D eigenvalue weighted by Gasteiger charge is -2.21. The van der Waals surface area contributed by atoms with E-state index in [0.29, 0.717) is 38.0 Å². The molecular weight excluding hydrogens is 382 g/mol. The number of carbonyl (C=O) groups excluding carboxylic acids is 3. The van der Waals surface area contributed by atoms with Gasteiger partial charge in [-0.25, -0.2) is 0 Å². The number of benzene rings is 2. The highest BCUT2D eigenvalue weighted by Gasteiger charge is 2.53. The monoisotopic (exact) mass is 407 g/mol. The standard InChI is InChI=1S/C23H25N3O4/c1-30-18-9-5-6-16(12-18)14-24-20(27)19-13-23(22(29)25-19)10-11-26(15-23)21(28)17-7-3-2-4-8-17/h2-9,12,19H,10-11,13-15H2,1H3,(H,24,27)(H,25,29)/t19-,23+/m0/s1. The first-order valence-corrected chi connectivity index (χ1v) is 10.1. The second-order valence-corrected chi connectivity index (χ2v) is 7.92. The van der Waals surface area contributed by atoms with E-state index in [2.05, 4.69) is 10.6 Å².